The average molecular weight is 1390 g/mol. The molecule has 0 saturated heterocycles. The highest BCUT2D eigenvalue weighted by atomic mass is 16.5. The summed E-state index contributed by atoms with van der Waals surface area (Å²) in [7, 11) is 11.6. The zero-order chi connectivity index (χ0) is 73.2. The van der Waals surface area contributed by atoms with Crippen LogP contribution in [0.15, 0.2) is 90.5 Å². The summed E-state index contributed by atoms with van der Waals surface area (Å²) < 4.78 is 27.1. The molecule has 30 heteroatoms. The summed E-state index contributed by atoms with van der Waals surface area (Å²) in [4.78, 5) is 169. The maximum absolute atomic E-state index is 13.7. The topological polar surface area (TPSA) is 365 Å². The Bertz CT molecular complexity index is 4360. The number of imidazole rings is 2. The highest BCUT2D eigenvalue weighted by Gasteiger charge is 2.28. The lowest BCUT2D eigenvalue weighted by Crippen LogP contribution is -2.27. The number of hydrogen-bond acceptors (Lipinski definition) is 18. The minimum atomic E-state index is -0.579. The van der Waals surface area contributed by atoms with Gasteiger partial charge in [-0.1, -0.05) is 19.9 Å². The van der Waals surface area contributed by atoms with Gasteiger partial charge in [-0.05, 0) is 66.3 Å². The first kappa shape index (κ1) is 75.9. The number of carbonyl (C=O) groups is 12. The quantitative estimate of drug-likeness (QED) is 0.0204. The maximum atomic E-state index is 13.7. The Morgan fingerprint density at radius 3 is 1.50 bits per heavy atom. The molecule has 0 radical (unpaired) electrons. The summed E-state index contributed by atoms with van der Waals surface area (Å²) in [5.74, 6) is -3.48. The minimum absolute atomic E-state index is 0.00103. The lowest BCUT2D eigenvalue weighted by molar-refractivity contribution is -0.124. The number of ether oxygens (including phenoxy) is 3. The first-order valence-corrected chi connectivity index (χ1v) is 33.2. The molecule has 0 aliphatic carbocycles. The van der Waals surface area contributed by atoms with E-state index in [9.17, 15) is 57.5 Å². The number of hydrogen-bond donors (Lipinski definition) is 5. The van der Waals surface area contributed by atoms with E-state index in [-0.39, 0.29) is 145 Å². The molecule has 8 rings (SSSR count). The van der Waals surface area contributed by atoms with Crippen molar-refractivity contribution in [2.45, 2.75) is 97.8 Å². The smallest absolute Gasteiger partial charge is 0.291 e. The normalized spacial score (nSPS) is 12.6. The van der Waals surface area contributed by atoms with E-state index in [0.717, 1.165) is 0 Å². The first-order valence-electron chi connectivity index (χ1n) is 33.2. The first-order chi connectivity index (χ1) is 48.1. The van der Waals surface area contributed by atoms with Gasteiger partial charge in [0.15, 0.2) is 40.6 Å². The van der Waals surface area contributed by atoms with Crippen LogP contribution in [0.2, 0.25) is 0 Å². The van der Waals surface area contributed by atoms with Gasteiger partial charge < -0.3 is 72.8 Å². The van der Waals surface area contributed by atoms with Crippen LogP contribution in [0.3, 0.4) is 0 Å². The number of Topliss-reactive ketones (excluding diaryl/α,β-unsaturated/α-hetero) is 7. The number of aryl methyl sites for hydroxylation is 7. The number of allylic oxidation sites excluding steroid dienone is 2. The predicted molar refractivity (Wildman–Crippen MR) is 372 cm³/mol. The van der Waals surface area contributed by atoms with Gasteiger partial charge in [-0.25, -0.2) is 9.97 Å². The summed E-state index contributed by atoms with van der Waals surface area (Å²) in [5.41, 5.74) is 4.76. The van der Waals surface area contributed by atoms with E-state index in [1.807, 2.05) is 6.92 Å². The van der Waals surface area contributed by atoms with Gasteiger partial charge >= 0.3 is 0 Å². The number of carbonyl (C=O) groups excluding carboxylic acids is 12. The fraction of sp³-hybridized carbons (Fsp3) is 0.423. The number of aliphatic imine (C=N–C) groups is 1. The molecule has 7 aromatic rings. The van der Waals surface area contributed by atoms with Gasteiger partial charge in [-0.3, -0.25) is 62.5 Å². The molecule has 1 aliphatic heterocycles. The van der Waals surface area contributed by atoms with Crippen LogP contribution < -0.4 is 26.6 Å². The molecule has 1 atom stereocenters. The van der Waals surface area contributed by atoms with Crippen LogP contribution in [-0.4, -0.2) is 164 Å². The Morgan fingerprint density at radius 1 is 0.436 bits per heavy atom. The second kappa shape index (κ2) is 35.3. The van der Waals surface area contributed by atoms with Crippen molar-refractivity contribution in [3.63, 3.8) is 0 Å². The molecular weight excluding hydrogens is 1300 g/mol. The second-order valence-electron chi connectivity index (χ2n) is 25.1. The Balaban J connectivity index is 0.715. The van der Waals surface area contributed by atoms with E-state index in [1.54, 1.807) is 119 Å². The number of rotatable bonds is 41. The average Bonchev–Trinajstić information content (AvgIpc) is 1.69. The van der Waals surface area contributed by atoms with Crippen LogP contribution >= 0.6 is 0 Å². The highest BCUT2D eigenvalue weighted by molar-refractivity contribution is 6.42. The van der Waals surface area contributed by atoms with Gasteiger partial charge in [0.05, 0.1) is 67.0 Å². The lowest BCUT2D eigenvalue weighted by atomic mass is 9.99. The van der Waals surface area contributed by atoms with Crippen LogP contribution in [0.25, 0.3) is 0 Å². The van der Waals surface area contributed by atoms with Gasteiger partial charge in [0, 0.05) is 176 Å². The number of aromatic nitrogens is 9. The molecule has 0 spiro atoms. The third kappa shape index (κ3) is 21.3. The molecule has 5 N–H and O–H groups in total. The summed E-state index contributed by atoms with van der Waals surface area (Å²) in [6, 6.07) is 7.96. The van der Waals surface area contributed by atoms with E-state index in [4.69, 9.17) is 14.2 Å². The molecule has 0 saturated carbocycles. The van der Waals surface area contributed by atoms with E-state index < -0.39 is 23.6 Å². The van der Waals surface area contributed by atoms with Crippen molar-refractivity contribution in [2.75, 3.05) is 67.5 Å². The number of anilines is 4. The largest absolute Gasteiger partial charge is 0.379 e. The predicted octanol–water partition coefficient (Wildman–Crippen LogP) is 6.40. The van der Waals surface area contributed by atoms with E-state index >= 15 is 0 Å². The monoisotopic (exact) mass is 1390 g/mol. The van der Waals surface area contributed by atoms with Crippen LogP contribution in [0.1, 0.15) is 169 Å². The number of nitrogens with one attached hydrogen (secondary N) is 5. The lowest BCUT2D eigenvalue weighted by Gasteiger charge is -2.06. The van der Waals surface area contributed by atoms with Gasteiger partial charge in [0.1, 0.15) is 29.6 Å². The minimum Gasteiger partial charge on any atom is -0.379 e. The van der Waals surface area contributed by atoms with Crippen molar-refractivity contribution in [2.24, 2.45) is 60.2 Å². The molecular formula is C71H87N15O15. The van der Waals surface area contributed by atoms with Crippen LogP contribution in [0.5, 0.6) is 0 Å². The number of amides is 5. The highest BCUT2D eigenvalue weighted by Crippen LogP contribution is 2.26. The van der Waals surface area contributed by atoms with Gasteiger partial charge in [0.25, 0.3) is 23.6 Å². The number of ketones is 7. The van der Waals surface area contributed by atoms with Crippen molar-refractivity contribution in [1.82, 2.24) is 47.3 Å². The summed E-state index contributed by atoms with van der Waals surface area (Å²) in [5, 5.41) is 13.4. The van der Waals surface area contributed by atoms with Gasteiger partial charge in [0.2, 0.25) is 17.6 Å². The molecule has 8 heterocycles. The molecule has 536 valence electrons. The molecule has 0 fully saturated rings. The summed E-state index contributed by atoms with van der Waals surface area (Å²) >= 11 is 0. The Labute approximate surface area is 583 Å². The Morgan fingerprint density at radius 2 is 0.911 bits per heavy atom. The molecule has 101 heavy (non-hydrogen) atoms. The van der Waals surface area contributed by atoms with Crippen LogP contribution in [0, 0.1) is 5.92 Å². The van der Waals surface area contributed by atoms with Crippen molar-refractivity contribution in [3.05, 3.63) is 142 Å². The van der Waals surface area contributed by atoms with Crippen molar-refractivity contribution in [1.29, 1.82) is 0 Å². The van der Waals surface area contributed by atoms with Gasteiger partial charge in [-0.15, -0.1) is 0 Å². The zero-order valence-electron chi connectivity index (χ0n) is 58.6. The number of nitrogens with zero attached hydrogens (tertiary/aromatic N) is 10. The summed E-state index contributed by atoms with van der Waals surface area (Å²) in [6.07, 6.45) is 15.6. The standard InChI is InChI=1S/C71H87N15O15/c1-11-51(88)42-101-24-23-100-22-21-99-20-14-17-52(89)15-12-18-59(91)54-28-46(36-80(54)4)30-60(92)55-29-47(37-82(55)6)31-62(94)65-43(2)25-48(74-65)34-61(93)56-27-45(35-81(56)5)26-53(90)16-13-19-72-70(97)66-78-64(41-85(66)9)79-69(96)58-32-49(38-84(58)8)75-68(95)57-33-50(39-83(57)7)76-71(98)67-77-63(40-86(67)10)73-44(3)87/h25,27-29,32-33,35-41,43H,11-24,26,30-31,34,42H2,1-10H3,(H,72,97)(H,73,87)(H,75,95)(H,76,98)(H,79,96). The van der Waals surface area contributed by atoms with E-state index in [1.165, 1.54) is 55.9 Å². The van der Waals surface area contributed by atoms with E-state index in [0.29, 0.717) is 122 Å². The van der Waals surface area contributed by atoms with E-state index in [2.05, 4.69) is 41.5 Å². The van der Waals surface area contributed by atoms with Gasteiger partial charge in [-0.2, -0.15) is 0 Å². The molecule has 0 aromatic carbocycles. The Hall–Kier alpha value is -10.9. The van der Waals surface area contributed by atoms with Crippen LogP contribution in [-0.2, 0) is 107 Å². The summed E-state index contributed by atoms with van der Waals surface area (Å²) in [6.45, 7) is 7.02. The van der Waals surface area contributed by atoms with Crippen molar-refractivity contribution in [3.8, 4) is 0 Å². The van der Waals surface area contributed by atoms with Crippen molar-refractivity contribution < 1.29 is 71.7 Å². The Kier molecular flexibility index (Phi) is 26.5. The third-order valence-electron chi connectivity index (χ3n) is 16.6. The molecule has 30 nitrogen and oxygen atoms in total. The fourth-order valence-corrected chi connectivity index (χ4v) is 11.5. The second-order valence-corrected chi connectivity index (χ2v) is 25.1. The third-order valence-corrected chi connectivity index (χ3v) is 16.6. The maximum Gasteiger partial charge on any atom is 0.291 e. The molecule has 1 unspecified atom stereocenters. The van der Waals surface area contributed by atoms with Crippen LogP contribution in [0.4, 0.5) is 23.0 Å². The molecule has 7 aromatic heterocycles. The zero-order valence-corrected chi connectivity index (χ0v) is 58.6. The fourth-order valence-electron chi connectivity index (χ4n) is 11.5. The molecule has 5 amide bonds. The molecule has 1 aliphatic rings. The SMILES string of the molecule is CCC(=O)COCCOCCOCCCC(=O)CCCC(=O)c1cc(CC(=O)c2cc(CC(=O)C3=NC(CC(=O)c4cc(CC(=O)CCCNC(=O)c5nc(NC(=O)c6cc(NC(=O)c7cc(NC(=O)c8nc(NC(C)=O)cn8C)cn7C)cn6C)cn5C)cn4C)=CC3C)cn2C)cn1C. The molecule has 0 bridgehead atoms. The van der Waals surface area contributed by atoms with Crippen molar-refractivity contribution >= 4 is 98.7 Å².